The fourth-order valence-corrected chi connectivity index (χ4v) is 1.38. The minimum Gasteiger partial charge on any atom is -0.377 e. The van der Waals surface area contributed by atoms with Crippen LogP contribution in [0.1, 0.15) is 26.2 Å². The van der Waals surface area contributed by atoms with Gasteiger partial charge in [-0.25, -0.2) is 0 Å². The van der Waals surface area contributed by atoms with E-state index in [4.69, 9.17) is 6.42 Å². The van der Waals surface area contributed by atoms with Gasteiger partial charge in [-0.2, -0.15) is 0 Å². The molecule has 1 nitrogen and oxygen atoms in total. The van der Waals surface area contributed by atoms with E-state index in [9.17, 15) is 5.11 Å². The van der Waals surface area contributed by atoms with Crippen LogP contribution in [0.5, 0.6) is 0 Å². The first-order chi connectivity index (χ1) is 6.08. The molecule has 1 N–H and O–H groups in total. The van der Waals surface area contributed by atoms with E-state index in [2.05, 4.69) is 19.1 Å². The highest BCUT2D eigenvalue weighted by Crippen LogP contribution is 2.22. The molecule has 0 heterocycles. The zero-order valence-electron chi connectivity index (χ0n) is 8.29. The molecule has 0 rings (SSSR count). The molecule has 0 aliphatic carbocycles. The Morgan fingerprint density at radius 3 is 2.54 bits per heavy atom. The average Bonchev–Trinajstić information content (AvgIpc) is 2.05. The maximum Gasteiger partial charge on any atom is 0.128 e. The largest absolute Gasteiger partial charge is 0.377 e. The molecule has 0 aromatic heterocycles. The minimum absolute atomic E-state index is 0.360. The second-order valence-corrected chi connectivity index (χ2v) is 3.50. The highest BCUT2D eigenvalue weighted by molar-refractivity contribution is 5.10. The molecule has 0 aliphatic rings. The van der Waals surface area contributed by atoms with Gasteiger partial charge in [0.25, 0.3) is 0 Å². The maximum atomic E-state index is 9.88. The van der Waals surface area contributed by atoms with E-state index in [1.54, 1.807) is 6.08 Å². The first-order valence-corrected chi connectivity index (χ1v) is 4.50. The van der Waals surface area contributed by atoms with Crippen LogP contribution in [0, 0.1) is 18.3 Å². The monoisotopic (exact) mass is 178 g/mol. The normalized spacial score (nSPS) is 16.7. The predicted octanol–water partition coefficient (Wildman–Crippen LogP) is 2.53. The molecule has 0 amide bonds. The van der Waals surface area contributed by atoms with Gasteiger partial charge < -0.3 is 5.11 Å². The third kappa shape index (κ3) is 4.55. The SMILES string of the molecule is C#CC(O)(CC=C)CC(C)CC=C. The number of allylic oxidation sites excluding steroid dienone is 1. The van der Waals surface area contributed by atoms with Crippen LogP contribution < -0.4 is 0 Å². The summed E-state index contributed by atoms with van der Waals surface area (Å²) in [5, 5.41) is 9.88. The van der Waals surface area contributed by atoms with Gasteiger partial charge in [0.2, 0.25) is 0 Å². The maximum absolute atomic E-state index is 9.88. The lowest BCUT2D eigenvalue weighted by atomic mass is 9.88. The van der Waals surface area contributed by atoms with Crippen molar-refractivity contribution in [3.05, 3.63) is 25.3 Å². The lowest BCUT2D eigenvalue weighted by Gasteiger charge is -2.23. The van der Waals surface area contributed by atoms with Crippen LogP contribution in [0.2, 0.25) is 0 Å². The Labute approximate surface area is 81.2 Å². The molecule has 2 atom stereocenters. The van der Waals surface area contributed by atoms with Gasteiger partial charge in [0.15, 0.2) is 0 Å². The standard InChI is InChI=1S/C12H18O/c1-5-8-11(4)10-12(13,7-3)9-6-2/h3,5-6,11,13H,1-2,8-10H2,4H3. The molecule has 0 aliphatic heterocycles. The average molecular weight is 178 g/mol. The van der Waals surface area contributed by atoms with Crippen LogP contribution in [0.15, 0.2) is 25.3 Å². The van der Waals surface area contributed by atoms with Gasteiger partial charge in [-0.1, -0.05) is 25.0 Å². The molecule has 0 fully saturated rings. The van der Waals surface area contributed by atoms with E-state index in [1.807, 2.05) is 13.0 Å². The summed E-state index contributed by atoms with van der Waals surface area (Å²) in [4.78, 5) is 0. The Bertz CT molecular complexity index is 212. The van der Waals surface area contributed by atoms with E-state index >= 15 is 0 Å². The van der Waals surface area contributed by atoms with Crippen molar-refractivity contribution in [1.82, 2.24) is 0 Å². The topological polar surface area (TPSA) is 20.2 Å². The van der Waals surface area contributed by atoms with Crippen LogP contribution >= 0.6 is 0 Å². The van der Waals surface area contributed by atoms with Crippen molar-refractivity contribution >= 4 is 0 Å². The summed E-state index contributed by atoms with van der Waals surface area (Å²) in [6.45, 7) is 9.27. The summed E-state index contributed by atoms with van der Waals surface area (Å²) in [5.41, 5.74) is -1.02. The number of hydrogen-bond acceptors (Lipinski definition) is 1. The van der Waals surface area contributed by atoms with Crippen molar-refractivity contribution in [2.45, 2.75) is 31.8 Å². The smallest absolute Gasteiger partial charge is 0.128 e. The molecule has 0 bridgehead atoms. The third-order valence-corrected chi connectivity index (χ3v) is 2.01. The first kappa shape index (κ1) is 12.0. The minimum atomic E-state index is -1.02. The van der Waals surface area contributed by atoms with Crippen LogP contribution in [0.25, 0.3) is 0 Å². The van der Waals surface area contributed by atoms with Gasteiger partial charge in [0.05, 0.1) is 0 Å². The summed E-state index contributed by atoms with van der Waals surface area (Å²) >= 11 is 0. The second kappa shape index (κ2) is 5.61. The Morgan fingerprint density at radius 2 is 2.15 bits per heavy atom. The Hall–Kier alpha value is -1.00. The van der Waals surface area contributed by atoms with Gasteiger partial charge in [0, 0.05) is 6.42 Å². The molecular formula is C12H18O. The molecule has 0 aromatic carbocycles. The summed E-state index contributed by atoms with van der Waals surface area (Å²) in [7, 11) is 0. The van der Waals surface area contributed by atoms with E-state index in [0.29, 0.717) is 18.8 Å². The van der Waals surface area contributed by atoms with Crippen molar-refractivity contribution in [3.8, 4) is 12.3 Å². The quantitative estimate of drug-likeness (QED) is 0.489. The Kier molecular flexibility index (Phi) is 5.18. The van der Waals surface area contributed by atoms with Crippen LogP contribution in [0.3, 0.4) is 0 Å². The fourth-order valence-electron chi connectivity index (χ4n) is 1.38. The van der Waals surface area contributed by atoms with Crippen molar-refractivity contribution in [2.75, 3.05) is 0 Å². The zero-order chi connectivity index (χ0) is 10.3. The van der Waals surface area contributed by atoms with E-state index in [1.165, 1.54) is 0 Å². The lowest BCUT2D eigenvalue weighted by molar-refractivity contribution is 0.0790. The number of rotatable bonds is 6. The molecule has 1 heteroatoms. The molecule has 0 saturated carbocycles. The van der Waals surface area contributed by atoms with E-state index in [-0.39, 0.29) is 0 Å². The Balaban J connectivity index is 4.18. The highest BCUT2D eigenvalue weighted by atomic mass is 16.3. The van der Waals surface area contributed by atoms with Crippen molar-refractivity contribution in [2.24, 2.45) is 5.92 Å². The number of hydrogen-bond donors (Lipinski definition) is 1. The van der Waals surface area contributed by atoms with Crippen molar-refractivity contribution in [1.29, 1.82) is 0 Å². The number of terminal acetylenes is 1. The second-order valence-electron chi connectivity index (χ2n) is 3.50. The van der Waals surface area contributed by atoms with Gasteiger partial charge in [-0.3, -0.25) is 0 Å². The van der Waals surface area contributed by atoms with Gasteiger partial charge >= 0.3 is 0 Å². The van der Waals surface area contributed by atoms with E-state index < -0.39 is 5.60 Å². The summed E-state index contributed by atoms with van der Waals surface area (Å²) in [6.07, 6.45) is 10.7. The molecule has 0 spiro atoms. The lowest BCUT2D eigenvalue weighted by Crippen LogP contribution is -2.28. The first-order valence-electron chi connectivity index (χ1n) is 4.50. The summed E-state index contributed by atoms with van der Waals surface area (Å²) in [5.74, 6) is 2.78. The molecule has 0 saturated heterocycles. The van der Waals surface area contributed by atoms with Crippen molar-refractivity contribution < 1.29 is 5.11 Å². The Morgan fingerprint density at radius 1 is 1.54 bits per heavy atom. The van der Waals surface area contributed by atoms with Crippen LogP contribution in [-0.2, 0) is 0 Å². The molecule has 0 radical (unpaired) electrons. The van der Waals surface area contributed by atoms with Crippen LogP contribution in [-0.4, -0.2) is 10.7 Å². The summed E-state index contributed by atoms with van der Waals surface area (Å²) in [6, 6.07) is 0. The third-order valence-electron chi connectivity index (χ3n) is 2.01. The predicted molar refractivity (Wildman–Crippen MR) is 57.2 cm³/mol. The summed E-state index contributed by atoms with van der Waals surface area (Å²) < 4.78 is 0. The van der Waals surface area contributed by atoms with Crippen LogP contribution in [0.4, 0.5) is 0 Å². The molecule has 0 aromatic rings. The van der Waals surface area contributed by atoms with Gasteiger partial charge in [0.1, 0.15) is 5.60 Å². The zero-order valence-corrected chi connectivity index (χ0v) is 8.29. The van der Waals surface area contributed by atoms with Gasteiger partial charge in [-0.05, 0) is 18.8 Å². The van der Waals surface area contributed by atoms with Gasteiger partial charge in [-0.15, -0.1) is 19.6 Å². The molecule has 13 heavy (non-hydrogen) atoms. The highest BCUT2D eigenvalue weighted by Gasteiger charge is 2.24. The number of aliphatic hydroxyl groups is 1. The molecular weight excluding hydrogens is 160 g/mol. The van der Waals surface area contributed by atoms with E-state index in [0.717, 1.165) is 6.42 Å². The molecule has 72 valence electrons. The van der Waals surface area contributed by atoms with Crippen molar-refractivity contribution in [3.63, 3.8) is 0 Å². The molecule has 2 unspecified atom stereocenters. The fraction of sp³-hybridized carbons (Fsp3) is 0.500.